The zero-order chi connectivity index (χ0) is 19.8. The van der Waals surface area contributed by atoms with Crippen LogP contribution >= 0.6 is 0 Å². The molecule has 0 saturated carbocycles. The molecule has 3 rings (SSSR count). The van der Waals surface area contributed by atoms with Gasteiger partial charge in [0.2, 0.25) is 0 Å². The fraction of sp³-hybridized carbons (Fsp3) is 0.500. The standard InChI is InChI=1S/C24H32FNO2/c1-3-4-5-15-26-16-14-24(19-6-8-21(25)9-7-19)20(17-26)18-28-23-12-10-22(27-2)11-13-23/h6-13,20,24H,3-5,14-18H2,1-2H3. The second-order valence-corrected chi connectivity index (χ2v) is 7.70. The molecule has 2 unspecified atom stereocenters. The number of benzene rings is 2. The first-order valence-electron chi connectivity index (χ1n) is 10.4. The zero-order valence-electron chi connectivity index (χ0n) is 17.1. The molecule has 3 nitrogen and oxygen atoms in total. The highest BCUT2D eigenvalue weighted by Gasteiger charge is 2.30. The quantitative estimate of drug-likeness (QED) is 0.531. The number of hydrogen-bond donors (Lipinski definition) is 0. The molecule has 0 aromatic heterocycles. The molecule has 0 radical (unpaired) electrons. The van der Waals surface area contributed by atoms with E-state index in [-0.39, 0.29) is 5.82 Å². The van der Waals surface area contributed by atoms with Crippen LogP contribution in [-0.4, -0.2) is 38.3 Å². The molecular formula is C24H32FNO2. The first kappa shape index (κ1) is 20.7. The van der Waals surface area contributed by atoms with Crippen molar-refractivity contribution in [2.24, 2.45) is 5.92 Å². The van der Waals surface area contributed by atoms with E-state index in [1.807, 2.05) is 36.4 Å². The van der Waals surface area contributed by atoms with Gasteiger partial charge in [-0.05, 0) is 73.8 Å². The fourth-order valence-electron chi connectivity index (χ4n) is 4.09. The highest BCUT2D eigenvalue weighted by Crippen LogP contribution is 2.34. The monoisotopic (exact) mass is 385 g/mol. The van der Waals surface area contributed by atoms with Gasteiger partial charge < -0.3 is 14.4 Å². The lowest BCUT2D eigenvalue weighted by Crippen LogP contribution is -2.42. The van der Waals surface area contributed by atoms with Crippen LogP contribution in [-0.2, 0) is 0 Å². The third-order valence-electron chi connectivity index (χ3n) is 5.72. The number of nitrogens with zero attached hydrogens (tertiary/aromatic N) is 1. The maximum absolute atomic E-state index is 13.4. The van der Waals surface area contributed by atoms with Gasteiger partial charge in [0, 0.05) is 12.5 Å². The molecule has 1 aliphatic heterocycles. The Labute approximate surface area is 168 Å². The fourth-order valence-corrected chi connectivity index (χ4v) is 4.09. The number of likely N-dealkylation sites (tertiary alicyclic amines) is 1. The van der Waals surface area contributed by atoms with Gasteiger partial charge in [-0.2, -0.15) is 0 Å². The first-order valence-corrected chi connectivity index (χ1v) is 10.4. The average Bonchev–Trinajstić information content (AvgIpc) is 2.74. The van der Waals surface area contributed by atoms with Crippen molar-refractivity contribution in [1.82, 2.24) is 4.90 Å². The summed E-state index contributed by atoms with van der Waals surface area (Å²) in [5.41, 5.74) is 1.22. The van der Waals surface area contributed by atoms with E-state index in [0.717, 1.165) is 37.6 Å². The summed E-state index contributed by atoms with van der Waals surface area (Å²) in [6.07, 6.45) is 4.87. The Morgan fingerprint density at radius 1 is 1.00 bits per heavy atom. The van der Waals surface area contributed by atoms with E-state index in [1.54, 1.807) is 19.2 Å². The molecule has 1 aliphatic rings. The Balaban J connectivity index is 1.66. The molecule has 28 heavy (non-hydrogen) atoms. The van der Waals surface area contributed by atoms with Gasteiger partial charge in [0.25, 0.3) is 0 Å². The van der Waals surface area contributed by atoms with Crippen LogP contribution in [0.4, 0.5) is 4.39 Å². The molecule has 0 spiro atoms. The van der Waals surface area contributed by atoms with Gasteiger partial charge in [0.1, 0.15) is 17.3 Å². The van der Waals surface area contributed by atoms with Gasteiger partial charge in [-0.1, -0.05) is 31.9 Å². The lowest BCUT2D eigenvalue weighted by molar-refractivity contribution is 0.109. The average molecular weight is 386 g/mol. The summed E-state index contributed by atoms with van der Waals surface area (Å²) >= 11 is 0. The van der Waals surface area contributed by atoms with E-state index >= 15 is 0 Å². The minimum Gasteiger partial charge on any atom is -0.497 e. The van der Waals surface area contributed by atoms with E-state index in [4.69, 9.17) is 9.47 Å². The van der Waals surface area contributed by atoms with Crippen molar-refractivity contribution in [2.75, 3.05) is 33.4 Å². The maximum atomic E-state index is 13.4. The maximum Gasteiger partial charge on any atom is 0.123 e. The van der Waals surface area contributed by atoms with Crippen molar-refractivity contribution < 1.29 is 13.9 Å². The lowest BCUT2D eigenvalue weighted by atomic mass is 9.80. The van der Waals surface area contributed by atoms with E-state index in [1.165, 1.54) is 24.8 Å². The molecule has 2 aromatic carbocycles. The summed E-state index contributed by atoms with van der Waals surface area (Å²) in [4.78, 5) is 2.57. The van der Waals surface area contributed by atoms with E-state index < -0.39 is 0 Å². The lowest BCUT2D eigenvalue weighted by Gasteiger charge is -2.39. The Hall–Kier alpha value is -2.07. The number of unbranched alkanes of at least 4 members (excludes halogenated alkanes) is 2. The summed E-state index contributed by atoms with van der Waals surface area (Å²) in [6.45, 7) is 6.20. The molecule has 4 heteroatoms. The minimum absolute atomic E-state index is 0.174. The van der Waals surface area contributed by atoms with Crippen LogP contribution in [0.2, 0.25) is 0 Å². The summed E-state index contributed by atoms with van der Waals surface area (Å²) in [7, 11) is 1.66. The number of hydrogen-bond acceptors (Lipinski definition) is 3. The molecule has 0 aliphatic carbocycles. The normalized spacial score (nSPS) is 20.1. The molecule has 2 atom stereocenters. The second-order valence-electron chi connectivity index (χ2n) is 7.70. The zero-order valence-corrected chi connectivity index (χ0v) is 17.1. The number of piperidine rings is 1. The topological polar surface area (TPSA) is 21.7 Å². The van der Waals surface area contributed by atoms with Crippen molar-refractivity contribution >= 4 is 0 Å². The summed E-state index contributed by atoms with van der Waals surface area (Å²) in [6, 6.07) is 14.8. The molecule has 152 valence electrons. The van der Waals surface area contributed by atoms with Crippen LogP contribution in [0, 0.1) is 11.7 Å². The highest BCUT2D eigenvalue weighted by atomic mass is 19.1. The van der Waals surface area contributed by atoms with Crippen LogP contribution in [0.1, 0.15) is 44.1 Å². The SMILES string of the molecule is CCCCCN1CCC(c2ccc(F)cc2)C(COc2ccc(OC)cc2)C1. The Kier molecular flexibility index (Phi) is 7.72. The van der Waals surface area contributed by atoms with Crippen molar-refractivity contribution in [2.45, 2.75) is 38.5 Å². The van der Waals surface area contributed by atoms with Crippen LogP contribution in [0.5, 0.6) is 11.5 Å². The largest absolute Gasteiger partial charge is 0.497 e. The molecule has 1 fully saturated rings. The molecule has 1 heterocycles. The molecule has 0 amide bonds. The smallest absolute Gasteiger partial charge is 0.123 e. The second kappa shape index (κ2) is 10.5. The van der Waals surface area contributed by atoms with Crippen LogP contribution in [0.3, 0.4) is 0 Å². The number of methoxy groups -OCH3 is 1. The van der Waals surface area contributed by atoms with Crippen molar-refractivity contribution in [3.8, 4) is 11.5 Å². The first-order chi connectivity index (χ1) is 13.7. The molecule has 1 saturated heterocycles. The highest BCUT2D eigenvalue weighted by molar-refractivity contribution is 5.31. The minimum atomic E-state index is -0.174. The summed E-state index contributed by atoms with van der Waals surface area (Å²) < 4.78 is 24.7. The summed E-state index contributed by atoms with van der Waals surface area (Å²) in [5.74, 6) is 2.31. The van der Waals surface area contributed by atoms with Gasteiger partial charge >= 0.3 is 0 Å². The Bertz CT molecular complexity index is 702. The third-order valence-corrected chi connectivity index (χ3v) is 5.72. The van der Waals surface area contributed by atoms with Gasteiger partial charge in [-0.15, -0.1) is 0 Å². The van der Waals surface area contributed by atoms with Gasteiger partial charge in [0.05, 0.1) is 13.7 Å². The van der Waals surface area contributed by atoms with Crippen LogP contribution < -0.4 is 9.47 Å². The summed E-state index contributed by atoms with van der Waals surface area (Å²) in [5, 5.41) is 0. The van der Waals surface area contributed by atoms with E-state index in [9.17, 15) is 4.39 Å². The van der Waals surface area contributed by atoms with Gasteiger partial charge in [-0.3, -0.25) is 0 Å². The van der Waals surface area contributed by atoms with Crippen molar-refractivity contribution in [3.63, 3.8) is 0 Å². The molecule has 0 N–H and O–H groups in total. The Morgan fingerprint density at radius 3 is 2.39 bits per heavy atom. The molecule has 0 bridgehead atoms. The van der Waals surface area contributed by atoms with Gasteiger partial charge in [0.15, 0.2) is 0 Å². The number of ether oxygens (including phenoxy) is 2. The Morgan fingerprint density at radius 2 is 1.71 bits per heavy atom. The van der Waals surface area contributed by atoms with Gasteiger partial charge in [-0.25, -0.2) is 4.39 Å². The number of halogens is 1. The van der Waals surface area contributed by atoms with Crippen molar-refractivity contribution in [1.29, 1.82) is 0 Å². The predicted molar refractivity (Wildman–Crippen MR) is 112 cm³/mol. The third kappa shape index (κ3) is 5.71. The number of rotatable bonds is 9. The van der Waals surface area contributed by atoms with Crippen molar-refractivity contribution in [3.05, 3.63) is 59.9 Å². The molecular weight excluding hydrogens is 353 g/mol. The van der Waals surface area contributed by atoms with Crippen LogP contribution in [0.15, 0.2) is 48.5 Å². The molecule has 2 aromatic rings. The van der Waals surface area contributed by atoms with E-state index in [0.29, 0.717) is 18.4 Å². The predicted octanol–water partition coefficient (Wildman–Crippen LogP) is 5.51. The van der Waals surface area contributed by atoms with Crippen LogP contribution in [0.25, 0.3) is 0 Å². The van der Waals surface area contributed by atoms with E-state index in [2.05, 4.69) is 11.8 Å².